The number of hydrogen-bond donors (Lipinski definition) is 1. The Morgan fingerprint density at radius 2 is 1.81 bits per heavy atom. The number of rotatable bonds is 2. The van der Waals surface area contributed by atoms with Crippen LogP contribution in [0.15, 0.2) is 0 Å². The van der Waals surface area contributed by atoms with E-state index in [1.54, 1.807) is 18.7 Å². The minimum atomic E-state index is -0.648. The van der Waals surface area contributed by atoms with Gasteiger partial charge in [-0.3, -0.25) is 0 Å². The molecule has 1 fully saturated rings. The van der Waals surface area contributed by atoms with E-state index < -0.39 is 11.2 Å². The Bertz CT molecular complexity index is 256. The van der Waals surface area contributed by atoms with Crippen LogP contribution in [0.4, 0.5) is 4.79 Å². The summed E-state index contributed by atoms with van der Waals surface area (Å²) in [4.78, 5) is 13.3. The summed E-state index contributed by atoms with van der Waals surface area (Å²) in [5, 5.41) is 9.63. The van der Waals surface area contributed by atoms with E-state index in [-0.39, 0.29) is 6.09 Å². The van der Waals surface area contributed by atoms with Crippen LogP contribution < -0.4 is 0 Å². The van der Waals surface area contributed by atoms with E-state index in [2.05, 4.69) is 0 Å². The third-order valence-electron chi connectivity index (χ3n) is 2.40. The van der Waals surface area contributed by atoms with Crippen LogP contribution in [0.1, 0.15) is 41.0 Å². The fourth-order valence-corrected chi connectivity index (χ4v) is 1.88. The van der Waals surface area contributed by atoms with E-state index in [1.807, 2.05) is 20.8 Å². The van der Waals surface area contributed by atoms with Crippen LogP contribution in [0.25, 0.3) is 0 Å². The highest BCUT2D eigenvalue weighted by Gasteiger charge is 2.36. The maximum atomic E-state index is 11.6. The lowest BCUT2D eigenvalue weighted by molar-refractivity contribution is -0.0229. The number of amides is 1. The zero-order valence-corrected chi connectivity index (χ0v) is 10.9. The van der Waals surface area contributed by atoms with E-state index >= 15 is 0 Å². The number of carbonyl (C=O) groups excluding carboxylic acids is 1. The van der Waals surface area contributed by atoms with Gasteiger partial charge in [-0.1, -0.05) is 0 Å². The van der Waals surface area contributed by atoms with Crippen LogP contribution in [0.5, 0.6) is 0 Å². The van der Waals surface area contributed by atoms with E-state index in [1.165, 1.54) is 0 Å². The van der Waals surface area contributed by atoms with Crippen molar-refractivity contribution in [3.63, 3.8) is 0 Å². The van der Waals surface area contributed by atoms with Gasteiger partial charge in [-0.2, -0.15) is 0 Å². The van der Waals surface area contributed by atoms with Gasteiger partial charge in [0.05, 0.1) is 5.60 Å². The molecule has 0 aromatic carbocycles. The van der Waals surface area contributed by atoms with Gasteiger partial charge in [0.2, 0.25) is 0 Å². The predicted octanol–water partition coefficient (Wildman–Crippen LogP) is 2.01. The molecule has 16 heavy (non-hydrogen) atoms. The smallest absolute Gasteiger partial charge is 0.410 e. The molecule has 1 aliphatic heterocycles. The van der Waals surface area contributed by atoms with Crippen molar-refractivity contribution in [2.75, 3.05) is 13.1 Å². The number of ether oxygens (including phenoxy) is 1. The average molecular weight is 229 g/mol. The molecule has 4 heteroatoms. The number of nitrogens with zero attached hydrogens (tertiary/aromatic N) is 1. The van der Waals surface area contributed by atoms with Crippen LogP contribution in [-0.2, 0) is 4.74 Å². The molecule has 0 radical (unpaired) electrons. The largest absolute Gasteiger partial charge is 0.444 e. The van der Waals surface area contributed by atoms with Gasteiger partial charge in [0, 0.05) is 13.1 Å². The van der Waals surface area contributed by atoms with Gasteiger partial charge in [0.1, 0.15) is 5.60 Å². The third-order valence-corrected chi connectivity index (χ3v) is 2.40. The zero-order valence-electron chi connectivity index (χ0n) is 10.9. The normalized spacial score (nSPS) is 18.2. The monoisotopic (exact) mass is 229 g/mol. The standard InChI is InChI=1S/C12H23NO3/c1-11(2,3)16-10(14)13-7-9(8-13)6-12(4,5)15/h9,15H,6-8H2,1-5H3. The van der Waals surface area contributed by atoms with Crippen molar-refractivity contribution < 1.29 is 14.6 Å². The van der Waals surface area contributed by atoms with Gasteiger partial charge in [-0.05, 0) is 47.0 Å². The molecular weight excluding hydrogens is 206 g/mol. The number of aliphatic hydroxyl groups is 1. The van der Waals surface area contributed by atoms with Gasteiger partial charge in [-0.25, -0.2) is 4.79 Å². The highest BCUT2D eigenvalue weighted by Crippen LogP contribution is 2.26. The Kier molecular flexibility index (Phi) is 3.53. The van der Waals surface area contributed by atoms with E-state index in [9.17, 15) is 9.90 Å². The molecule has 0 bridgehead atoms. The Balaban J connectivity index is 2.28. The molecule has 0 aromatic rings. The molecule has 1 saturated heterocycles. The molecule has 94 valence electrons. The second kappa shape index (κ2) is 4.24. The molecule has 0 aliphatic carbocycles. The molecule has 1 amide bonds. The molecule has 1 N–H and O–H groups in total. The van der Waals surface area contributed by atoms with E-state index in [0.29, 0.717) is 19.0 Å². The van der Waals surface area contributed by atoms with E-state index in [0.717, 1.165) is 6.42 Å². The first-order valence-electron chi connectivity index (χ1n) is 5.77. The van der Waals surface area contributed by atoms with Crippen molar-refractivity contribution in [3.8, 4) is 0 Å². The summed E-state index contributed by atoms with van der Waals surface area (Å²) in [6.45, 7) is 10.6. The lowest BCUT2D eigenvalue weighted by atomic mass is 9.88. The maximum absolute atomic E-state index is 11.6. The Morgan fingerprint density at radius 3 is 2.19 bits per heavy atom. The fraction of sp³-hybridized carbons (Fsp3) is 0.917. The van der Waals surface area contributed by atoms with Gasteiger partial charge >= 0.3 is 6.09 Å². The lowest BCUT2D eigenvalue weighted by Crippen LogP contribution is -2.53. The molecule has 0 atom stereocenters. The van der Waals surface area contributed by atoms with Gasteiger partial charge < -0.3 is 14.7 Å². The second-order valence-corrected chi connectivity index (χ2v) is 6.27. The molecular formula is C12H23NO3. The minimum Gasteiger partial charge on any atom is -0.444 e. The van der Waals surface area contributed by atoms with Gasteiger partial charge in [0.25, 0.3) is 0 Å². The molecule has 4 nitrogen and oxygen atoms in total. The maximum Gasteiger partial charge on any atom is 0.410 e. The molecule has 0 saturated carbocycles. The number of hydrogen-bond acceptors (Lipinski definition) is 3. The molecule has 0 aromatic heterocycles. The van der Waals surface area contributed by atoms with Crippen molar-refractivity contribution in [2.45, 2.75) is 52.2 Å². The Labute approximate surface area is 97.6 Å². The summed E-state index contributed by atoms with van der Waals surface area (Å²) < 4.78 is 5.24. The molecule has 1 rings (SSSR count). The number of likely N-dealkylation sites (tertiary alicyclic amines) is 1. The Morgan fingerprint density at radius 1 is 1.31 bits per heavy atom. The topological polar surface area (TPSA) is 49.8 Å². The van der Waals surface area contributed by atoms with Crippen LogP contribution >= 0.6 is 0 Å². The second-order valence-electron chi connectivity index (χ2n) is 6.27. The minimum absolute atomic E-state index is 0.250. The molecule has 1 heterocycles. The summed E-state index contributed by atoms with van der Waals surface area (Å²) in [6.07, 6.45) is 0.478. The van der Waals surface area contributed by atoms with Crippen molar-refractivity contribution in [2.24, 2.45) is 5.92 Å². The highest BCUT2D eigenvalue weighted by atomic mass is 16.6. The quantitative estimate of drug-likeness (QED) is 0.788. The van der Waals surface area contributed by atoms with Gasteiger partial charge in [0.15, 0.2) is 0 Å². The van der Waals surface area contributed by atoms with Crippen molar-refractivity contribution in [1.29, 1.82) is 0 Å². The summed E-state index contributed by atoms with van der Waals surface area (Å²) in [6, 6.07) is 0. The van der Waals surface area contributed by atoms with Crippen LogP contribution in [0.2, 0.25) is 0 Å². The summed E-state index contributed by atoms with van der Waals surface area (Å²) in [5.74, 6) is 0.396. The first-order chi connectivity index (χ1) is 7.07. The van der Waals surface area contributed by atoms with Gasteiger partial charge in [-0.15, -0.1) is 0 Å². The average Bonchev–Trinajstić information content (AvgIpc) is 1.89. The molecule has 1 aliphatic rings. The number of carbonyl (C=O) groups is 1. The summed E-state index contributed by atoms with van der Waals surface area (Å²) in [5.41, 5.74) is -1.08. The van der Waals surface area contributed by atoms with Crippen molar-refractivity contribution >= 4 is 6.09 Å². The van der Waals surface area contributed by atoms with Crippen LogP contribution in [-0.4, -0.2) is 40.4 Å². The predicted molar refractivity (Wildman–Crippen MR) is 62.2 cm³/mol. The van der Waals surface area contributed by atoms with Crippen LogP contribution in [0.3, 0.4) is 0 Å². The fourth-order valence-electron chi connectivity index (χ4n) is 1.88. The third kappa shape index (κ3) is 4.39. The van der Waals surface area contributed by atoms with E-state index in [4.69, 9.17) is 4.74 Å². The molecule has 0 spiro atoms. The summed E-state index contributed by atoms with van der Waals surface area (Å²) >= 11 is 0. The van der Waals surface area contributed by atoms with Crippen molar-refractivity contribution in [3.05, 3.63) is 0 Å². The van der Waals surface area contributed by atoms with Crippen molar-refractivity contribution in [1.82, 2.24) is 4.90 Å². The SMILES string of the molecule is CC(C)(O)CC1CN(C(=O)OC(C)(C)C)C1. The first-order valence-corrected chi connectivity index (χ1v) is 5.77. The molecule has 0 unspecified atom stereocenters. The zero-order chi connectivity index (χ0) is 12.6. The first kappa shape index (κ1) is 13.3. The highest BCUT2D eigenvalue weighted by molar-refractivity contribution is 5.69. The summed E-state index contributed by atoms with van der Waals surface area (Å²) in [7, 11) is 0. The van der Waals surface area contributed by atoms with Crippen LogP contribution in [0, 0.1) is 5.92 Å². The Hall–Kier alpha value is -0.770. The lowest BCUT2D eigenvalue weighted by Gasteiger charge is -2.41.